The number of carbonyl (C=O) groups excluding carboxylic acids is 6. The number of aliphatic hydroxyl groups excluding tert-OH is 4. The number of hydrogen-bond acceptors (Lipinski definition) is 13. The molecule has 32 atom stereocenters. The second-order valence-electron chi connectivity index (χ2n) is 36.4. The molecule has 14 nitrogen and oxygen atoms in total. The third kappa shape index (κ3) is 12.7. The molecule has 0 bridgehead atoms. The first-order chi connectivity index (χ1) is 44.7. The molecule has 0 aliphatic heterocycles. The quantitative estimate of drug-likeness (QED) is 0.0959. The zero-order valence-corrected chi connectivity index (χ0v) is 61.5. The fraction of sp³-hybridized carbons (Fsp3) is 0.914. The van der Waals surface area contributed by atoms with Crippen LogP contribution in [0.5, 0.6) is 0 Å². The lowest BCUT2D eigenvalue weighted by molar-refractivity contribution is -0.235. The maximum Gasteiger partial charge on any atom is 0.305 e. The van der Waals surface area contributed by atoms with Crippen LogP contribution in [0.2, 0.25) is 0 Å². The lowest BCUT2D eigenvalue weighted by Gasteiger charge is -2.66. The number of fused-ring (bicyclic) bond motifs is 15. The van der Waals surface area contributed by atoms with E-state index in [2.05, 4.69) is 90.0 Å². The van der Waals surface area contributed by atoms with Crippen molar-refractivity contribution in [2.75, 3.05) is 7.11 Å². The molecular formula is C81H130O14. The monoisotopic (exact) mass is 1330 g/mol. The van der Waals surface area contributed by atoms with Crippen LogP contribution in [0.1, 0.15) is 270 Å². The van der Waals surface area contributed by atoms with Gasteiger partial charge >= 0.3 is 17.9 Å². The standard InChI is InChI=1S/C29H44O6.C26H40O5.C26H46O3/c1-7-19-22-14-18(35-17(3)30)12-13-28(22,4)26-23(31)15-29(5)20(16(2)8-11-24(32)34-6)9-10-21(29)25(26)27(19)33;1-5-16-19-12-15(27)10-11-25(19,3)23-20(28)13-26(4)17(14(2)6-9-21(29)30)7-8-18(26)22(23)24(16)31;1-6-8-15(3)18-9-10-19-22-23(21(28)14-26(18,19)5)25(4)12-11-16(27)13-20(25)17(7-2)24(22)29/h16,18-22,25-26H,7-15H2,1-6H3;14-19,22-23,27H,5-13H2,1-4H3,(H,29,30);15-24,27-29H,6-14H2,1-5H3/t16-,18-,19-,20-,21?,22+,25?,26?,28+,29-;14-,15-,16-,17-,18?,19+,22?,23?,25+,26-;15-,16-,17-,18-,19?,20+,21+,22?,23?,24-,25+,26-/m111/s1. The highest BCUT2D eigenvalue weighted by atomic mass is 16.5. The van der Waals surface area contributed by atoms with Gasteiger partial charge in [0.05, 0.1) is 31.5 Å². The highest BCUT2D eigenvalue weighted by Gasteiger charge is 2.71. The average Bonchev–Trinajstić information content (AvgIpc) is 1.64. The minimum atomic E-state index is -0.766. The van der Waals surface area contributed by atoms with Gasteiger partial charge in [-0.15, -0.1) is 0 Å². The van der Waals surface area contributed by atoms with E-state index >= 15 is 0 Å². The first-order valence-corrected chi connectivity index (χ1v) is 39.0. The van der Waals surface area contributed by atoms with Crippen LogP contribution in [0.15, 0.2) is 0 Å². The first kappa shape index (κ1) is 74.6. The molecule has 95 heavy (non-hydrogen) atoms. The molecule has 0 saturated heterocycles. The number of aliphatic carboxylic acids is 1. The minimum Gasteiger partial charge on any atom is -0.481 e. The van der Waals surface area contributed by atoms with Crippen molar-refractivity contribution in [3.8, 4) is 0 Å². The van der Waals surface area contributed by atoms with Crippen LogP contribution >= 0.6 is 0 Å². The predicted molar refractivity (Wildman–Crippen MR) is 366 cm³/mol. The SMILES string of the molecule is CCC[C@@H](C)[C@H]1CCC2C3C([C@@H](O)C[C@@]21C)[C@@]1(C)CC[C@@H](O)C[C@H]1[C@@H](CC)[C@H]3O.CC[C@H]1C(=O)C2C3CC[C@H]([C@H](C)CCC(=O)O)[C@@]3(C)CC(=O)C2[C@@]2(C)CC[C@@H](O)C[C@@H]12.CC[C@H]1C(=O)C2C3CC[C@H]([C@H](C)CCC(=O)OC)[C@@]3(C)CC(=O)C2[C@@]2(C)CC[C@@H](OC(C)=O)C[C@@H]12. The molecule has 12 aliphatic carbocycles. The molecule has 0 aromatic rings. The van der Waals surface area contributed by atoms with E-state index in [0.717, 1.165) is 103 Å². The van der Waals surface area contributed by atoms with E-state index in [1.807, 2.05) is 0 Å². The molecule has 12 saturated carbocycles. The Morgan fingerprint density at radius 2 is 0.979 bits per heavy atom. The molecule has 5 N–H and O–H groups in total. The smallest absolute Gasteiger partial charge is 0.305 e. The minimum absolute atomic E-state index is 0.0532. The van der Waals surface area contributed by atoms with Crippen molar-refractivity contribution in [3.63, 3.8) is 0 Å². The Morgan fingerprint density at radius 3 is 1.45 bits per heavy atom. The maximum atomic E-state index is 14.2. The van der Waals surface area contributed by atoms with Crippen LogP contribution in [-0.2, 0) is 43.0 Å². The lowest BCUT2D eigenvalue weighted by atomic mass is 9.40. The van der Waals surface area contributed by atoms with E-state index in [-0.39, 0.29) is 187 Å². The largest absolute Gasteiger partial charge is 0.481 e. The van der Waals surface area contributed by atoms with Gasteiger partial charge in [0, 0.05) is 68.1 Å². The predicted octanol–water partition coefficient (Wildman–Crippen LogP) is 14.7. The molecule has 0 amide bonds. The molecular weight excluding hydrogens is 1200 g/mol. The van der Waals surface area contributed by atoms with Gasteiger partial charge in [-0.05, 0) is 250 Å². The van der Waals surface area contributed by atoms with Gasteiger partial charge in [-0.1, -0.05) is 109 Å². The number of rotatable bonds is 15. The zero-order valence-electron chi connectivity index (χ0n) is 61.5. The molecule has 14 heteroatoms. The molecule has 538 valence electrons. The molecule has 0 heterocycles. The molecule has 9 unspecified atom stereocenters. The molecule has 12 fully saturated rings. The Labute approximate surface area is 571 Å². The third-order valence-electron chi connectivity index (χ3n) is 32.2. The van der Waals surface area contributed by atoms with Crippen molar-refractivity contribution in [3.05, 3.63) is 0 Å². The molecule has 0 aromatic carbocycles. The molecule has 0 spiro atoms. The summed E-state index contributed by atoms with van der Waals surface area (Å²) in [5.41, 5.74) is -0.600. The Bertz CT molecular complexity index is 2820. The molecule has 0 aromatic heterocycles. The first-order valence-electron chi connectivity index (χ1n) is 39.0. The molecule has 12 aliphatic rings. The van der Waals surface area contributed by atoms with Gasteiger partial charge in [0.15, 0.2) is 0 Å². The number of hydrogen-bond donors (Lipinski definition) is 5. The number of aliphatic hydroxyl groups is 4. The fourth-order valence-electron chi connectivity index (χ4n) is 28.1. The van der Waals surface area contributed by atoms with Crippen LogP contribution < -0.4 is 0 Å². The Morgan fingerprint density at radius 1 is 0.526 bits per heavy atom. The van der Waals surface area contributed by atoms with E-state index in [0.29, 0.717) is 80.0 Å². The Kier molecular flexibility index (Phi) is 22.3. The van der Waals surface area contributed by atoms with Crippen LogP contribution in [-0.4, -0.2) is 104 Å². The van der Waals surface area contributed by atoms with Crippen molar-refractivity contribution in [1.82, 2.24) is 0 Å². The number of carbonyl (C=O) groups is 7. The van der Waals surface area contributed by atoms with Crippen molar-refractivity contribution >= 4 is 41.0 Å². The van der Waals surface area contributed by atoms with E-state index in [1.165, 1.54) is 39.7 Å². The third-order valence-corrected chi connectivity index (χ3v) is 32.2. The van der Waals surface area contributed by atoms with Crippen molar-refractivity contribution in [1.29, 1.82) is 0 Å². The highest BCUT2D eigenvalue weighted by Crippen LogP contribution is 2.72. The summed E-state index contributed by atoms with van der Waals surface area (Å²) >= 11 is 0. The van der Waals surface area contributed by atoms with Gasteiger partial charge in [-0.3, -0.25) is 33.6 Å². The number of Topliss-reactive ketones (excluding diaryl/α,β-unsaturated/α-hetero) is 4. The summed E-state index contributed by atoms with van der Waals surface area (Å²) in [5.74, 6) is 3.67. The second kappa shape index (κ2) is 28.4. The highest BCUT2D eigenvalue weighted by molar-refractivity contribution is 5.96. The summed E-state index contributed by atoms with van der Waals surface area (Å²) in [5, 5.41) is 53.2. The summed E-state index contributed by atoms with van der Waals surface area (Å²) in [6, 6.07) is 0. The number of carboxylic acid groups (broad SMARTS) is 1. The van der Waals surface area contributed by atoms with Gasteiger partial charge in [-0.2, -0.15) is 0 Å². The fourth-order valence-corrected chi connectivity index (χ4v) is 28.1. The summed E-state index contributed by atoms with van der Waals surface area (Å²) in [7, 11) is 1.42. The molecule has 12 rings (SSSR count). The Balaban J connectivity index is 0.000000156. The number of ether oxygens (including phenoxy) is 2. The van der Waals surface area contributed by atoms with E-state index in [1.54, 1.807) is 0 Å². The van der Waals surface area contributed by atoms with Crippen molar-refractivity contribution in [2.24, 2.45) is 157 Å². The summed E-state index contributed by atoms with van der Waals surface area (Å²) < 4.78 is 10.4. The zero-order chi connectivity index (χ0) is 69.6. The van der Waals surface area contributed by atoms with Gasteiger partial charge in [0.2, 0.25) is 0 Å². The van der Waals surface area contributed by atoms with Crippen LogP contribution in [0.3, 0.4) is 0 Å². The van der Waals surface area contributed by atoms with Gasteiger partial charge in [-0.25, -0.2) is 0 Å². The van der Waals surface area contributed by atoms with Crippen LogP contribution in [0, 0.1) is 157 Å². The average molecular weight is 1330 g/mol. The number of ketones is 4. The number of carboxylic acids is 1. The van der Waals surface area contributed by atoms with Crippen molar-refractivity contribution < 1.29 is 68.6 Å². The normalized spacial score (nSPS) is 48.7. The lowest BCUT2D eigenvalue weighted by Crippen LogP contribution is -2.65. The van der Waals surface area contributed by atoms with Crippen molar-refractivity contribution in [2.45, 2.75) is 301 Å². The topological polar surface area (TPSA) is 239 Å². The van der Waals surface area contributed by atoms with E-state index < -0.39 is 5.97 Å². The van der Waals surface area contributed by atoms with Gasteiger partial charge < -0.3 is 35.0 Å². The number of methoxy groups -OCH3 is 1. The number of esters is 2. The summed E-state index contributed by atoms with van der Waals surface area (Å²) in [6.07, 6.45) is 21.2. The second-order valence-corrected chi connectivity index (χ2v) is 36.4. The Hall–Kier alpha value is -3.07. The van der Waals surface area contributed by atoms with Gasteiger partial charge in [0.1, 0.15) is 29.2 Å². The van der Waals surface area contributed by atoms with Crippen LogP contribution in [0.25, 0.3) is 0 Å². The van der Waals surface area contributed by atoms with Gasteiger partial charge in [0.25, 0.3) is 0 Å². The van der Waals surface area contributed by atoms with E-state index in [9.17, 15) is 54.0 Å². The summed E-state index contributed by atoms with van der Waals surface area (Å²) in [4.78, 5) is 90.3. The van der Waals surface area contributed by atoms with E-state index in [4.69, 9.17) is 14.6 Å². The molecule has 0 radical (unpaired) electrons. The summed E-state index contributed by atoms with van der Waals surface area (Å²) in [6.45, 7) is 30.7. The maximum absolute atomic E-state index is 14.2. The van der Waals surface area contributed by atoms with Crippen LogP contribution in [0.4, 0.5) is 0 Å².